The number of nitrogens with two attached hydrogens (primary N) is 1. The van der Waals surface area contributed by atoms with Crippen LogP contribution in [0.4, 0.5) is 5.69 Å². The zero-order valence-corrected chi connectivity index (χ0v) is 16.3. The SMILES string of the molecule is C=CC(=O)N1CC(=Cc2ccc([NH+](O)O)cc2)C(=O)C(=CC2C=CC([NH2+][O-])=CC2)C1. The second-order valence-electron chi connectivity index (χ2n) is 7.12. The van der Waals surface area contributed by atoms with E-state index < -0.39 is 5.23 Å². The van der Waals surface area contributed by atoms with E-state index in [1.54, 1.807) is 29.2 Å². The molecule has 0 bridgehead atoms. The van der Waals surface area contributed by atoms with Gasteiger partial charge in [0.15, 0.2) is 11.5 Å². The minimum Gasteiger partial charge on any atom is -0.630 e. The van der Waals surface area contributed by atoms with Crippen LogP contribution in [0.25, 0.3) is 6.08 Å². The number of ketones is 1. The van der Waals surface area contributed by atoms with Gasteiger partial charge in [-0.25, -0.2) is 0 Å². The van der Waals surface area contributed by atoms with Crippen LogP contribution in [-0.4, -0.2) is 40.1 Å². The molecule has 3 rings (SSSR count). The van der Waals surface area contributed by atoms with E-state index in [4.69, 9.17) is 10.4 Å². The van der Waals surface area contributed by atoms with Gasteiger partial charge in [-0.2, -0.15) is 10.4 Å². The van der Waals surface area contributed by atoms with Crippen molar-refractivity contribution in [1.29, 1.82) is 0 Å². The molecule has 8 nitrogen and oxygen atoms in total. The van der Waals surface area contributed by atoms with Gasteiger partial charge in [-0.3, -0.25) is 9.59 Å². The summed E-state index contributed by atoms with van der Waals surface area (Å²) >= 11 is 0. The molecule has 156 valence electrons. The van der Waals surface area contributed by atoms with E-state index in [1.165, 1.54) is 18.2 Å². The molecule has 2 aliphatic rings. The summed E-state index contributed by atoms with van der Waals surface area (Å²) < 4.78 is 0. The number of allylic oxidation sites excluding steroid dienone is 4. The second-order valence-corrected chi connectivity index (χ2v) is 7.12. The molecule has 1 saturated heterocycles. The van der Waals surface area contributed by atoms with Gasteiger partial charge in [0.05, 0.1) is 6.54 Å². The Labute approximate surface area is 173 Å². The molecule has 1 heterocycles. The normalized spacial score (nSPS) is 22.0. The lowest BCUT2D eigenvalue weighted by atomic mass is 9.90. The highest BCUT2D eigenvalue weighted by molar-refractivity contribution is 6.13. The quantitative estimate of drug-likeness (QED) is 0.414. The van der Waals surface area contributed by atoms with E-state index in [-0.39, 0.29) is 36.4 Å². The number of nitrogens with zero attached hydrogens (tertiary/aromatic N) is 1. The Kier molecular flexibility index (Phi) is 6.88. The van der Waals surface area contributed by atoms with Gasteiger partial charge >= 0.3 is 0 Å². The summed E-state index contributed by atoms with van der Waals surface area (Å²) in [6, 6.07) is 6.38. The molecule has 0 aromatic heterocycles. The van der Waals surface area contributed by atoms with Gasteiger partial charge < -0.3 is 15.6 Å². The summed E-state index contributed by atoms with van der Waals surface area (Å²) in [4.78, 5) is 26.9. The van der Waals surface area contributed by atoms with Crippen LogP contribution < -0.4 is 10.7 Å². The van der Waals surface area contributed by atoms with Crippen LogP contribution in [-0.2, 0) is 9.59 Å². The standard InChI is InChI=1S/C22H23N3O5/c1-2-21(26)24-13-17(11-15-3-7-19(23-28)8-4-15)22(27)18(14-24)12-16-5-9-20(10-6-16)25(29)30/h2-3,5-12,15,29-30H,1,4,13-14,23H2/p+1. The van der Waals surface area contributed by atoms with E-state index in [0.717, 1.165) is 5.48 Å². The van der Waals surface area contributed by atoms with E-state index in [2.05, 4.69) is 6.58 Å². The fourth-order valence-corrected chi connectivity index (χ4v) is 3.39. The van der Waals surface area contributed by atoms with Crippen molar-refractivity contribution in [2.24, 2.45) is 5.92 Å². The summed E-state index contributed by atoms with van der Waals surface area (Å²) in [7, 11) is 0. The van der Waals surface area contributed by atoms with Crippen LogP contribution in [0.1, 0.15) is 12.0 Å². The molecule has 1 fully saturated rings. The molecule has 0 saturated carbocycles. The molecule has 30 heavy (non-hydrogen) atoms. The first kappa shape index (κ1) is 21.6. The third kappa shape index (κ3) is 5.07. The smallest absolute Gasteiger partial charge is 0.246 e. The maximum absolute atomic E-state index is 13.1. The fourth-order valence-electron chi connectivity index (χ4n) is 3.39. The van der Waals surface area contributed by atoms with Crippen LogP contribution in [0, 0.1) is 11.1 Å². The largest absolute Gasteiger partial charge is 0.630 e. The number of quaternary nitrogens is 2. The average molecular weight is 410 g/mol. The number of carbonyl (C=O) groups excluding carboxylic acids is 2. The number of Topliss-reactive ketones (excluding diaryl/α,β-unsaturated/α-hetero) is 1. The first-order chi connectivity index (χ1) is 14.4. The maximum Gasteiger partial charge on any atom is 0.246 e. The van der Waals surface area contributed by atoms with Gasteiger partial charge in [0, 0.05) is 29.8 Å². The molecule has 1 atom stereocenters. The van der Waals surface area contributed by atoms with Crippen LogP contribution >= 0.6 is 0 Å². The summed E-state index contributed by atoms with van der Waals surface area (Å²) in [6.45, 7) is 3.89. The fraction of sp³-hybridized carbons (Fsp3) is 0.182. The lowest BCUT2D eigenvalue weighted by Gasteiger charge is -2.29. The number of hydroxylamine groups is 1. The number of nitrogens with one attached hydrogen (secondary N) is 1. The van der Waals surface area contributed by atoms with Crippen molar-refractivity contribution in [2.75, 3.05) is 13.1 Å². The van der Waals surface area contributed by atoms with E-state index in [0.29, 0.717) is 28.8 Å². The number of piperidine rings is 1. The second kappa shape index (κ2) is 9.57. The highest BCUT2D eigenvalue weighted by Crippen LogP contribution is 2.24. The first-order valence-corrected chi connectivity index (χ1v) is 9.47. The summed E-state index contributed by atoms with van der Waals surface area (Å²) in [6.07, 6.45) is 10.8. The van der Waals surface area contributed by atoms with Gasteiger partial charge in [0.25, 0.3) is 0 Å². The number of amides is 1. The van der Waals surface area contributed by atoms with Crippen molar-refractivity contribution < 1.29 is 30.7 Å². The first-order valence-electron chi connectivity index (χ1n) is 9.47. The third-order valence-corrected chi connectivity index (χ3v) is 5.01. The molecule has 1 aromatic carbocycles. The van der Waals surface area contributed by atoms with Crippen molar-refractivity contribution in [3.63, 3.8) is 0 Å². The van der Waals surface area contributed by atoms with E-state index >= 15 is 0 Å². The summed E-state index contributed by atoms with van der Waals surface area (Å²) in [5.41, 5.74) is 3.33. The number of likely N-dealkylation sites (tertiary alicyclic amines) is 1. The Bertz CT molecular complexity index is 957. The Morgan fingerprint density at radius 3 is 2.50 bits per heavy atom. The predicted molar refractivity (Wildman–Crippen MR) is 109 cm³/mol. The number of carbonyl (C=O) groups is 2. The zero-order valence-electron chi connectivity index (χ0n) is 16.3. The third-order valence-electron chi connectivity index (χ3n) is 5.01. The highest BCUT2D eigenvalue weighted by Gasteiger charge is 2.28. The number of hydrogen-bond donors (Lipinski definition) is 4. The lowest BCUT2D eigenvalue weighted by molar-refractivity contribution is -1.19. The zero-order chi connectivity index (χ0) is 21.7. The van der Waals surface area contributed by atoms with Gasteiger partial charge in [0.2, 0.25) is 5.91 Å². The Hall–Kier alpha value is -3.14. The summed E-state index contributed by atoms with van der Waals surface area (Å²) in [5.74, 6) is -0.436. The topological polar surface area (TPSA) is 122 Å². The molecule has 0 spiro atoms. The molecule has 0 radical (unpaired) electrons. The number of hydrogen-bond acceptors (Lipinski definition) is 5. The molecular formula is C22H24N3O5+. The van der Waals surface area contributed by atoms with Crippen molar-refractivity contribution in [3.8, 4) is 0 Å². The predicted octanol–water partition coefficient (Wildman–Crippen LogP) is 0.410. The molecule has 1 aromatic rings. The van der Waals surface area contributed by atoms with E-state index in [1.807, 2.05) is 18.2 Å². The number of rotatable bonds is 5. The Morgan fingerprint density at radius 1 is 1.23 bits per heavy atom. The van der Waals surface area contributed by atoms with Crippen LogP contribution in [0.5, 0.6) is 0 Å². The van der Waals surface area contributed by atoms with E-state index in [9.17, 15) is 14.8 Å². The van der Waals surface area contributed by atoms with Crippen molar-refractivity contribution in [2.45, 2.75) is 6.42 Å². The molecule has 1 aliphatic carbocycles. The Morgan fingerprint density at radius 2 is 1.93 bits per heavy atom. The summed E-state index contributed by atoms with van der Waals surface area (Å²) in [5, 5.41) is 28.4. The monoisotopic (exact) mass is 410 g/mol. The average Bonchev–Trinajstić information content (AvgIpc) is 2.76. The minimum absolute atomic E-state index is 0.0324. The van der Waals surface area contributed by atoms with Gasteiger partial charge in [-0.15, -0.1) is 0 Å². The van der Waals surface area contributed by atoms with Crippen LogP contribution in [0.15, 0.2) is 78.1 Å². The molecule has 1 amide bonds. The highest BCUT2D eigenvalue weighted by atomic mass is 16.8. The van der Waals surface area contributed by atoms with Crippen LogP contribution in [0.3, 0.4) is 0 Å². The molecule has 1 aliphatic heterocycles. The number of benzene rings is 1. The lowest BCUT2D eigenvalue weighted by Crippen LogP contribution is -3.01. The molecule has 5 N–H and O–H groups in total. The molecule has 8 heteroatoms. The molecule has 1 unspecified atom stereocenters. The van der Waals surface area contributed by atoms with Gasteiger partial charge in [-0.1, -0.05) is 18.7 Å². The molecular weight excluding hydrogens is 386 g/mol. The van der Waals surface area contributed by atoms with Crippen molar-refractivity contribution in [3.05, 3.63) is 88.8 Å². The Balaban J connectivity index is 1.89. The minimum atomic E-state index is -0.775. The van der Waals surface area contributed by atoms with Crippen molar-refractivity contribution in [1.82, 2.24) is 4.90 Å². The maximum atomic E-state index is 13.1. The van der Waals surface area contributed by atoms with Gasteiger partial charge in [-0.05, 0) is 59.6 Å². The van der Waals surface area contributed by atoms with Crippen molar-refractivity contribution >= 4 is 23.5 Å². The van der Waals surface area contributed by atoms with Crippen LogP contribution in [0.2, 0.25) is 0 Å². The van der Waals surface area contributed by atoms with Gasteiger partial charge in [0.1, 0.15) is 5.70 Å².